The lowest BCUT2D eigenvalue weighted by Crippen LogP contribution is -2.46. The Labute approximate surface area is 201 Å². The molecule has 0 aliphatic heterocycles. The lowest BCUT2D eigenvalue weighted by molar-refractivity contribution is -0.134. The van der Waals surface area contributed by atoms with E-state index >= 15 is 0 Å². The van der Waals surface area contributed by atoms with Gasteiger partial charge in [0.15, 0.2) is 16.7 Å². The molecular weight excluding hydrogens is 463 g/mol. The highest BCUT2D eigenvalue weighted by Gasteiger charge is 2.42. The second-order valence-electron chi connectivity index (χ2n) is 8.16. The lowest BCUT2D eigenvalue weighted by Gasteiger charge is -2.38. The molecule has 1 saturated carbocycles. The van der Waals surface area contributed by atoms with Crippen molar-refractivity contribution >= 4 is 39.8 Å². The summed E-state index contributed by atoms with van der Waals surface area (Å²) in [5.74, 6) is 0.327. The summed E-state index contributed by atoms with van der Waals surface area (Å²) in [4.78, 5) is 22.1. The number of halogens is 2. The van der Waals surface area contributed by atoms with E-state index in [1.807, 2.05) is 30.5 Å². The average molecular weight is 489 g/mol. The summed E-state index contributed by atoms with van der Waals surface area (Å²) in [6.07, 6.45) is 4.60. The van der Waals surface area contributed by atoms with Crippen LogP contribution in [0.4, 0.5) is 15.3 Å². The number of carbonyl (C=O) groups excluding carboxylic acids is 1. The number of nitrogens with zero attached hydrogens (tertiary/aromatic N) is 2. The molecule has 1 amide bonds. The van der Waals surface area contributed by atoms with Crippen molar-refractivity contribution in [2.45, 2.75) is 45.1 Å². The molecule has 1 fully saturated rings. The molecule has 1 aliphatic rings. The van der Waals surface area contributed by atoms with Gasteiger partial charge >= 0.3 is 0 Å². The van der Waals surface area contributed by atoms with Gasteiger partial charge in [0.1, 0.15) is 5.82 Å². The fourth-order valence-electron chi connectivity index (χ4n) is 4.24. The Morgan fingerprint density at radius 1 is 1.27 bits per heavy atom. The van der Waals surface area contributed by atoms with Crippen LogP contribution in [0.1, 0.15) is 38.3 Å². The Balaban J connectivity index is 1.47. The van der Waals surface area contributed by atoms with Crippen molar-refractivity contribution in [3.63, 3.8) is 0 Å². The minimum atomic E-state index is -0.588. The van der Waals surface area contributed by atoms with E-state index < -0.39 is 11.2 Å². The highest BCUT2D eigenvalue weighted by Crippen LogP contribution is 2.41. The molecule has 33 heavy (non-hydrogen) atoms. The van der Waals surface area contributed by atoms with Crippen LogP contribution in [0.5, 0.6) is 5.75 Å². The van der Waals surface area contributed by atoms with Gasteiger partial charge in [-0.05, 0) is 56.9 Å². The number of carbonyl (C=O) groups is 1. The number of nitrogens with one attached hydrogen (secondary N) is 2. The Kier molecular flexibility index (Phi) is 7.45. The lowest BCUT2D eigenvalue weighted by atomic mass is 9.69. The number of pyridine rings is 1. The molecule has 174 valence electrons. The van der Waals surface area contributed by atoms with Crippen molar-refractivity contribution in [1.29, 1.82) is 0 Å². The fraction of sp³-hybridized carbons (Fsp3) is 0.375. The molecule has 0 bridgehead atoms. The van der Waals surface area contributed by atoms with Gasteiger partial charge in [0.2, 0.25) is 5.91 Å². The Hall–Kier alpha value is -2.71. The van der Waals surface area contributed by atoms with Gasteiger partial charge in [-0.25, -0.2) is 14.4 Å². The molecule has 4 rings (SSSR count). The predicted molar refractivity (Wildman–Crippen MR) is 129 cm³/mol. The second kappa shape index (κ2) is 10.5. The number of hydrogen-bond acceptors (Lipinski definition) is 6. The first-order valence-corrected chi connectivity index (χ1v) is 12.3. The highest BCUT2D eigenvalue weighted by molar-refractivity contribution is 7.13. The topological polar surface area (TPSA) is 76.1 Å². The Morgan fingerprint density at radius 3 is 2.79 bits per heavy atom. The zero-order valence-corrected chi connectivity index (χ0v) is 19.9. The van der Waals surface area contributed by atoms with Crippen molar-refractivity contribution in [2.24, 2.45) is 5.41 Å². The maximum Gasteiger partial charge on any atom is 0.226 e. The molecule has 9 heteroatoms. The summed E-state index contributed by atoms with van der Waals surface area (Å²) in [6.45, 7) is 2.48. The summed E-state index contributed by atoms with van der Waals surface area (Å²) in [5.41, 5.74) is 0.248. The number of anilines is 2. The standard InChI is InChI=1S/C24H26ClFN4O2S/c1-2-27-22(31)24(15-16-5-3-8-20(29-16)30-23-28-13-14-33-23)11-9-17(10-12-24)32-19-7-4-6-18(25)21(19)26/h3-8,13-14,17H,2,9-12,15H2,1H3,(H,27,31)(H,28,29,30). The quantitative estimate of drug-likeness (QED) is 0.421. The van der Waals surface area contributed by atoms with Crippen molar-refractivity contribution in [3.05, 3.63) is 64.5 Å². The summed E-state index contributed by atoms with van der Waals surface area (Å²) in [6, 6.07) is 10.5. The van der Waals surface area contributed by atoms with Gasteiger partial charge in [-0.15, -0.1) is 11.3 Å². The molecule has 0 saturated heterocycles. The van der Waals surface area contributed by atoms with Crippen molar-refractivity contribution < 1.29 is 13.9 Å². The zero-order valence-electron chi connectivity index (χ0n) is 18.3. The van der Waals surface area contributed by atoms with Crippen LogP contribution in [-0.2, 0) is 11.2 Å². The number of aromatic nitrogens is 2. The van der Waals surface area contributed by atoms with Gasteiger partial charge in [0, 0.05) is 30.2 Å². The summed E-state index contributed by atoms with van der Waals surface area (Å²) < 4.78 is 20.2. The molecule has 0 unspecified atom stereocenters. The highest BCUT2D eigenvalue weighted by atomic mass is 35.5. The van der Waals surface area contributed by atoms with E-state index in [9.17, 15) is 9.18 Å². The molecule has 3 aromatic rings. The largest absolute Gasteiger partial charge is 0.487 e. The normalized spacial score (nSPS) is 20.3. The van der Waals surface area contributed by atoms with Crippen LogP contribution >= 0.6 is 22.9 Å². The van der Waals surface area contributed by atoms with E-state index in [0.29, 0.717) is 44.5 Å². The molecule has 6 nitrogen and oxygen atoms in total. The van der Waals surface area contributed by atoms with E-state index in [4.69, 9.17) is 21.3 Å². The molecule has 2 N–H and O–H groups in total. The smallest absolute Gasteiger partial charge is 0.226 e. The van der Waals surface area contributed by atoms with E-state index in [0.717, 1.165) is 10.8 Å². The maximum absolute atomic E-state index is 14.3. The Bertz CT molecular complexity index is 1090. The van der Waals surface area contributed by atoms with Crippen LogP contribution in [0.15, 0.2) is 48.0 Å². The molecule has 0 atom stereocenters. The molecule has 2 aromatic heterocycles. The first-order valence-electron chi connectivity index (χ1n) is 11.0. The van der Waals surface area contributed by atoms with Crippen LogP contribution in [-0.4, -0.2) is 28.5 Å². The van der Waals surface area contributed by atoms with E-state index in [2.05, 4.69) is 15.6 Å². The third kappa shape index (κ3) is 5.62. The van der Waals surface area contributed by atoms with Crippen LogP contribution in [0.3, 0.4) is 0 Å². The molecule has 2 heterocycles. The van der Waals surface area contributed by atoms with Gasteiger partial charge in [0.05, 0.1) is 16.5 Å². The van der Waals surface area contributed by atoms with Gasteiger partial charge in [-0.3, -0.25) is 4.79 Å². The summed E-state index contributed by atoms with van der Waals surface area (Å²) in [7, 11) is 0. The molecule has 1 aliphatic carbocycles. The molecule has 0 radical (unpaired) electrons. The SMILES string of the molecule is CCNC(=O)C1(Cc2cccc(Nc3nccs3)n2)CCC(Oc2cccc(Cl)c2F)CC1. The van der Waals surface area contributed by atoms with Crippen LogP contribution in [0, 0.1) is 11.2 Å². The predicted octanol–water partition coefficient (Wildman–Crippen LogP) is 5.76. The monoisotopic (exact) mass is 488 g/mol. The van der Waals surface area contributed by atoms with E-state index in [-0.39, 0.29) is 22.8 Å². The number of thiazole rings is 1. The van der Waals surface area contributed by atoms with Crippen molar-refractivity contribution in [2.75, 3.05) is 11.9 Å². The first kappa shape index (κ1) is 23.4. The van der Waals surface area contributed by atoms with E-state index in [1.54, 1.807) is 18.3 Å². The van der Waals surface area contributed by atoms with Crippen LogP contribution < -0.4 is 15.4 Å². The number of rotatable bonds is 8. The maximum atomic E-state index is 14.3. The number of benzene rings is 1. The van der Waals surface area contributed by atoms with Gasteiger partial charge < -0.3 is 15.4 Å². The molecule has 1 aromatic carbocycles. The number of ether oxygens (including phenoxy) is 1. The van der Waals surface area contributed by atoms with Crippen molar-refractivity contribution in [3.8, 4) is 5.75 Å². The van der Waals surface area contributed by atoms with Gasteiger partial charge in [-0.2, -0.15) is 0 Å². The average Bonchev–Trinajstić information content (AvgIpc) is 3.32. The fourth-order valence-corrected chi connectivity index (χ4v) is 4.94. The summed E-state index contributed by atoms with van der Waals surface area (Å²) >= 11 is 7.37. The zero-order chi connectivity index (χ0) is 23.3. The van der Waals surface area contributed by atoms with Crippen molar-refractivity contribution in [1.82, 2.24) is 15.3 Å². The summed E-state index contributed by atoms with van der Waals surface area (Å²) in [5, 5.41) is 8.90. The third-order valence-electron chi connectivity index (χ3n) is 5.91. The van der Waals surface area contributed by atoms with Crippen LogP contribution in [0.25, 0.3) is 0 Å². The molecule has 0 spiro atoms. The van der Waals surface area contributed by atoms with E-state index in [1.165, 1.54) is 17.4 Å². The Morgan fingerprint density at radius 2 is 2.06 bits per heavy atom. The minimum Gasteiger partial charge on any atom is -0.487 e. The number of hydrogen-bond donors (Lipinski definition) is 2. The second-order valence-corrected chi connectivity index (χ2v) is 9.46. The van der Waals surface area contributed by atoms with Gasteiger partial charge in [0.25, 0.3) is 0 Å². The van der Waals surface area contributed by atoms with Crippen LogP contribution in [0.2, 0.25) is 5.02 Å². The molecular formula is C24H26ClFN4O2S. The first-order chi connectivity index (χ1) is 16.0. The number of amides is 1. The minimum absolute atomic E-state index is 0.0254. The van der Waals surface area contributed by atoms with Gasteiger partial charge in [-0.1, -0.05) is 23.7 Å². The third-order valence-corrected chi connectivity index (χ3v) is 6.89.